The van der Waals surface area contributed by atoms with E-state index in [-0.39, 0.29) is 0 Å². The lowest BCUT2D eigenvalue weighted by Crippen LogP contribution is -2.21. The zero-order valence-corrected chi connectivity index (χ0v) is 14.3. The van der Waals surface area contributed by atoms with E-state index in [1.165, 1.54) is 37.6 Å². The van der Waals surface area contributed by atoms with E-state index in [9.17, 15) is 0 Å². The van der Waals surface area contributed by atoms with Crippen molar-refractivity contribution in [2.45, 2.75) is 51.5 Å². The highest BCUT2D eigenvalue weighted by Crippen LogP contribution is 2.37. The first kappa shape index (κ1) is 14.3. The molecule has 0 aliphatic heterocycles. The summed E-state index contributed by atoms with van der Waals surface area (Å²) in [5.74, 6) is 0.776. The topological polar surface area (TPSA) is 20.7 Å². The van der Waals surface area contributed by atoms with Gasteiger partial charge in [-0.25, -0.2) is 0 Å². The standard InChI is InChI=1S/C16H21BrN2S/c1-2-14(11-6-4-3-5-7-11)19-15-10-12(17)8-9-13(15)18-16(19)20/h8-11,14H,2-7H2,1H3,(H,18,20). The number of H-pyrrole nitrogens is 1. The van der Waals surface area contributed by atoms with Crippen LogP contribution in [-0.2, 0) is 0 Å². The van der Waals surface area contributed by atoms with Gasteiger partial charge in [-0.2, -0.15) is 0 Å². The van der Waals surface area contributed by atoms with Gasteiger partial charge in [0.05, 0.1) is 11.0 Å². The fraction of sp³-hybridized carbons (Fsp3) is 0.562. The number of nitrogens with zero attached hydrogens (tertiary/aromatic N) is 1. The maximum Gasteiger partial charge on any atom is 0.178 e. The Bertz CT molecular complexity index is 652. The van der Waals surface area contributed by atoms with Crippen LogP contribution in [0.4, 0.5) is 0 Å². The summed E-state index contributed by atoms with van der Waals surface area (Å²) in [5, 5.41) is 0. The van der Waals surface area contributed by atoms with Crippen LogP contribution < -0.4 is 0 Å². The normalized spacial score (nSPS) is 18.5. The first-order valence-corrected chi connectivity index (χ1v) is 8.80. The predicted octanol–water partition coefficient (Wildman–Crippen LogP) is 5.99. The Morgan fingerprint density at radius 2 is 2.10 bits per heavy atom. The average molecular weight is 353 g/mol. The van der Waals surface area contributed by atoms with Crippen molar-refractivity contribution < 1.29 is 0 Å². The summed E-state index contributed by atoms with van der Waals surface area (Å²) in [6.45, 7) is 2.29. The van der Waals surface area contributed by atoms with Gasteiger partial charge in [-0.05, 0) is 55.6 Å². The molecule has 0 radical (unpaired) electrons. The van der Waals surface area contributed by atoms with Crippen LogP contribution in [0.2, 0.25) is 0 Å². The van der Waals surface area contributed by atoms with Crippen molar-refractivity contribution in [3.63, 3.8) is 0 Å². The van der Waals surface area contributed by atoms with Crippen molar-refractivity contribution in [2.75, 3.05) is 0 Å². The molecule has 0 amide bonds. The predicted molar refractivity (Wildman–Crippen MR) is 90.7 cm³/mol. The van der Waals surface area contributed by atoms with Crippen LogP contribution in [0.3, 0.4) is 0 Å². The molecule has 0 bridgehead atoms. The zero-order valence-electron chi connectivity index (χ0n) is 11.9. The Balaban J connectivity index is 2.08. The van der Waals surface area contributed by atoms with Gasteiger partial charge in [-0.1, -0.05) is 42.1 Å². The van der Waals surface area contributed by atoms with E-state index in [0.29, 0.717) is 6.04 Å². The van der Waals surface area contributed by atoms with Crippen molar-refractivity contribution in [3.8, 4) is 0 Å². The molecule has 0 saturated heterocycles. The summed E-state index contributed by atoms with van der Waals surface area (Å²) in [5.41, 5.74) is 2.38. The molecule has 1 fully saturated rings. The number of nitrogens with one attached hydrogen (secondary N) is 1. The van der Waals surface area contributed by atoms with Crippen LogP contribution in [0.15, 0.2) is 22.7 Å². The second kappa shape index (κ2) is 6.02. The Kier molecular flexibility index (Phi) is 4.32. The molecule has 1 N–H and O–H groups in total. The molecule has 4 heteroatoms. The molecule has 1 heterocycles. The molecule has 1 unspecified atom stereocenters. The number of fused-ring (bicyclic) bond motifs is 1. The van der Waals surface area contributed by atoms with Crippen molar-refractivity contribution in [2.24, 2.45) is 5.92 Å². The SMILES string of the molecule is CCC(C1CCCCC1)n1c(=S)[nH]c2ccc(Br)cc21. The summed E-state index contributed by atoms with van der Waals surface area (Å²) < 4.78 is 4.35. The summed E-state index contributed by atoms with van der Waals surface area (Å²) in [6, 6.07) is 6.90. The van der Waals surface area contributed by atoms with Gasteiger partial charge in [0.25, 0.3) is 0 Å². The monoisotopic (exact) mass is 352 g/mol. The molecule has 2 nitrogen and oxygen atoms in total. The van der Waals surface area contributed by atoms with Crippen molar-refractivity contribution >= 4 is 39.2 Å². The average Bonchev–Trinajstić information content (AvgIpc) is 2.77. The van der Waals surface area contributed by atoms with Crippen LogP contribution in [0.1, 0.15) is 51.5 Å². The van der Waals surface area contributed by atoms with Crippen molar-refractivity contribution in [1.29, 1.82) is 0 Å². The lowest BCUT2D eigenvalue weighted by molar-refractivity contribution is 0.245. The Morgan fingerprint density at radius 1 is 1.35 bits per heavy atom. The van der Waals surface area contributed by atoms with Gasteiger partial charge in [0.15, 0.2) is 4.77 Å². The fourth-order valence-electron chi connectivity index (χ4n) is 3.67. The van der Waals surface area contributed by atoms with Gasteiger partial charge < -0.3 is 9.55 Å². The molecule has 20 heavy (non-hydrogen) atoms. The third kappa shape index (κ3) is 2.60. The number of hydrogen-bond donors (Lipinski definition) is 1. The number of benzene rings is 1. The van der Waals surface area contributed by atoms with Gasteiger partial charge in [0.2, 0.25) is 0 Å². The molecule has 1 aromatic carbocycles. The Morgan fingerprint density at radius 3 is 2.80 bits per heavy atom. The molecule has 108 valence electrons. The van der Waals surface area contributed by atoms with Gasteiger partial charge >= 0.3 is 0 Å². The molecule has 1 aliphatic carbocycles. The van der Waals surface area contributed by atoms with E-state index in [0.717, 1.165) is 27.1 Å². The molecule has 1 aliphatic rings. The number of halogens is 1. The summed E-state index contributed by atoms with van der Waals surface area (Å²) in [4.78, 5) is 3.37. The Labute approximate surface area is 133 Å². The first-order valence-electron chi connectivity index (χ1n) is 7.60. The largest absolute Gasteiger partial charge is 0.331 e. The van der Waals surface area contributed by atoms with Gasteiger partial charge in [0, 0.05) is 10.5 Å². The van der Waals surface area contributed by atoms with Crippen LogP contribution >= 0.6 is 28.1 Å². The van der Waals surface area contributed by atoms with Gasteiger partial charge in [-0.3, -0.25) is 0 Å². The second-order valence-corrected chi connectivity index (χ2v) is 7.14. The number of hydrogen-bond acceptors (Lipinski definition) is 1. The smallest absolute Gasteiger partial charge is 0.178 e. The minimum Gasteiger partial charge on any atom is -0.331 e. The third-order valence-electron chi connectivity index (χ3n) is 4.62. The molecule has 3 rings (SSSR count). The minimum absolute atomic E-state index is 0.533. The fourth-order valence-corrected chi connectivity index (χ4v) is 4.36. The Hall–Kier alpha value is -0.610. The quantitative estimate of drug-likeness (QED) is 0.672. The van der Waals surface area contributed by atoms with Crippen LogP contribution in [-0.4, -0.2) is 9.55 Å². The second-order valence-electron chi connectivity index (χ2n) is 5.84. The first-order chi connectivity index (χ1) is 9.70. The third-order valence-corrected chi connectivity index (χ3v) is 5.42. The van der Waals surface area contributed by atoms with Crippen LogP contribution in [0.25, 0.3) is 11.0 Å². The number of imidazole rings is 1. The summed E-state index contributed by atoms with van der Waals surface area (Å²) in [6.07, 6.45) is 8.00. The van der Waals surface area contributed by atoms with E-state index in [4.69, 9.17) is 12.2 Å². The number of rotatable bonds is 3. The maximum absolute atomic E-state index is 5.60. The number of aromatic nitrogens is 2. The highest BCUT2D eigenvalue weighted by Gasteiger charge is 2.25. The molecule has 1 saturated carbocycles. The lowest BCUT2D eigenvalue weighted by atomic mass is 9.83. The molecular weight excluding hydrogens is 332 g/mol. The number of aromatic amines is 1. The molecule has 1 aromatic heterocycles. The van der Waals surface area contributed by atoms with E-state index in [1.807, 2.05) is 0 Å². The van der Waals surface area contributed by atoms with Crippen LogP contribution in [0.5, 0.6) is 0 Å². The lowest BCUT2D eigenvalue weighted by Gasteiger charge is -2.31. The summed E-state index contributed by atoms with van der Waals surface area (Å²) in [7, 11) is 0. The molecule has 0 spiro atoms. The van der Waals surface area contributed by atoms with E-state index in [1.54, 1.807) is 0 Å². The molecular formula is C16H21BrN2S. The summed E-state index contributed by atoms with van der Waals surface area (Å²) >= 11 is 9.18. The molecule has 1 atom stereocenters. The van der Waals surface area contributed by atoms with E-state index >= 15 is 0 Å². The van der Waals surface area contributed by atoms with Crippen LogP contribution in [0, 0.1) is 10.7 Å². The maximum atomic E-state index is 5.60. The van der Waals surface area contributed by atoms with E-state index in [2.05, 4.69) is 50.6 Å². The minimum atomic E-state index is 0.533. The highest BCUT2D eigenvalue weighted by molar-refractivity contribution is 9.10. The highest BCUT2D eigenvalue weighted by atomic mass is 79.9. The zero-order chi connectivity index (χ0) is 14.1. The van der Waals surface area contributed by atoms with Gasteiger partial charge in [0.1, 0.15) is 0 Å². The van der Waals surface area contributed by atoms with Crippen molar-refractivity contribution in [1.82, 2.24) is 9.55 Å². The molecule has 2 aromatic rings. The van der Waals surface area contributed by atoms with E-state index < -0.39 is 0 Å². The van der Waals surface area contributed by atoms with Gasteiger partial charge in [-0.15, -0.1) is 0 Å². The van der Waals surface area contributed by atoms with Crippen molar-refractivity contribution in [3.05, 3.63) is 27.4 Å².